The van der Waals surface area contributed by atoms with Gasteiger partial charge in [-0.25, -0.2) is 8.42 Å². The van der Waals surface area contributed by atoms with Gasteiger partial charge in [0.2, 0.25) is 9.84 Å². The molecule has 0 bridgehead atoms. The molecule has 0 aliphatic carbocycles. The van der Waals surface area contributed by atoms with Gasteiger partial charge >= 0.3 is 0 Å². The minimum Gasteiger partial charge on any atom is -0.390 e. The van der Waals surface area contributed by atoms with Crippen LogP contribution in [-0.2, 0) is 16.3 Å². The van der Waals surface area contributed by atoms with Crippen LogP contribution >= 0.6 is 23.2 Å². The van der Waals surface area contributed by atoms with Crippen molar-refractivity contribution in [3.8, 4) is 0 Å². The fraction of sp³-hybridized carbons (Fsp3) is 0.235. The molecule has 0 aliphatic heterocycles. The zero-order valence-corrected chi connectivity index (χ0v) is 15.3. The van der Waals surface area contributed by atoms with Gasteiger partial charge in [0.15, 0.2) is 0 Å². The Bertz CT molecular complexity index is 790. The number of pyridine rings is 1. The zero-order chi connectivity index (χ0) is 17.4. The lowest BCUT2D eigenvalue weighted by Crippen LogP contribution is -2.08. The van der Waals surface area contributed by atoms with Crippen molar-refractivity contribution in [1.29, 1.82) is 0 Å². The van der Waals surface area contributed by atoms with Crippen LogP contribution in [0.1, 0.15) is 18.5 Å². The van der Waals surface area contributed by atoms with Gasteiger partial charge in [0, 0.05) is 24.0 Å². The molecule has 0 radical (unpaired) electrons. The van der Waals surface area contributed by atoms with Gasteiger partial charge in [0.25, 0.3) is 0 Å². The molecule has 128 valence electrons. The van der Waals surface area contributed by atoms with E-state index in [2.05, 4.69) is 10.3 Å². The number of aryl methyl sites for hydroxylation is 1. The summed E-state index contributed by atoms with van der Waals surface area (Å²) >= 11 is 11.8. The monoisotopic (exact) mass is 384 g/mol. The second kappa shape index (κ2) is 9.06. The average Bonchev–Trinajstić information content (AvgIpc) is 2.56. The van der Waals surface area contributed by atoms with Crippen molar-refractivity contribution in [2.75, 3.05) is 6.54 Å². The quantitative estimate of drug-likeness (QED) is 0.691. The second-order valence-corrected chi connectivity index (χ2v) is 7.82. The summed E-state index contributed by atoms with van der Waals surface area (Å²) in [4.78, 5) is 4.45. The van der Waals surface area contributed by atoms with Crippen LogP contribution in [0, 0.1) is 0 Å². The number of sulfone groups is 1. The summed E-state index contributed by atoms with van der Waals surface area (Å²) < 4.78 is 24.1. The predicted octanol–water partition coefficient (Wildman–Crippen LogP) is 4.25. The van der Waals surface area contributed by atoms with Crippen molar-refractivity contribution < 1.29 is 8.42 Å². The fourth-order valence-electron chi connectivity index (χ4n) is 2.05. The molecule has 0 saturated heterocycles. The molecular formula is C17H18Cl2N2O2S. The lowest BCUT2D eigenvalue weighted by atomic mass is 10.2. The minimum atomic E-state index is -3.45. The Morgan fingerprint density at radius 3 is 2.54 bits per heavy atom. The van der Waals surface area contributed by atoms with Gasteiger partial charge in [-0.1, -0.05) is 23.2 Å². The summed E-state index contributed by atoms with van der Waals surface area (Å²) in [5.41, 5.74) is 0.889. The molecule has 0 atom stereocenters. The maximum Gasteiger partial charge on any atom is 0.201 e. The summed E-state index contributed by atoms with van der Waals surface area (Å²) in [6, 6.07) is 9.71. The number of rotatable bonds is 8. The smallest absolute Gasteiger partial charge is 0.201 e. The van der Waals surface area contributed by atoms with Crippen LogP contribution in [-0.4, -0.2) is 19.9 Å². The van der Waals surface area contributed by atoms with Crippen molar-refractivity contribution in [2.24, 2.45) is 0 Å². The normalized spacial score (nSPS) is 11.8. The Hall–Kier alpha value is -1.56. The number of hydrogen-bond donors (Lipinski definition) is 1. The van der Waals surface area contributed by atoms with Gasteiger partial charge in [-0.05, 0) is 55.7 Å². The summed E-state index contributed by atoms with van der Waals surface area (Å²) in [6.07, 6.45) is 5.79. The Kier molecular flexibility index (Phi) is 7.09. The first-order valence-electron chi connectivity index (χ1n) is 7.49. The third-order valence-corrected chi connectivity index (χ3v) is 5.35. The van der Waals surface area contributed by atoms with Gasteiger partial charge in [-0.2, -0.15) is 0 Å². The van der Waals surface area contributed by atoms with E-state index < -0.39 is 9.84 Å². The van der Waals surface area contributed by atoms with E-state index in [1.165, 1.54) is 18.3 Å². The van der Waals surface area contributed by atoms with Crippen LogP contribution in [0.15, 0.2) is 59.1 Å². The predicted molar refractivity (Wildman–Crippen MR) is 98.0 cm³/mol. The van der Waals surface area contributed by atoms with Gasteiger partial charge in [0.1, 0.15) is 0 Å². The Balaban J connectivity index is 1.72. The van der Waals surface area contributed by atoms with Crippen molar-refractivity contribution >= 4 is 33.0 Å². The number of hydrogen-bond acceptors (Lipinski definition) is 4. The average molecular weight is 385 g/mol. The highest BCUT2D eigenvalue weighted by Gasteiger charge is 2.09. The number of halogens is 2. The minimum absolute atomic E-state index is 0.217. The van der Waals surface area contributed by atoms with Crippen molar-refractivity contribution in [3.63, 3.8) is 0 Å². The molecule has 1 heterocycles. The van der Waals surface area contributed by atoms with Gasteiger partial charge in [0.05, 0.1) is 21.0 Å². The fourth-order valence-corrected chi connectivity index (χ4v) is 3.34. The topological polar surface area (TPSA) is 59.1 Å². The molecule has 0 fully saturated rings. The third-order valence-electron chi connectivity index (χ3n) is 3.33. The maximum absolute atomic E-state index is 12.1. The summed E-state index contributed by atoms with van der Waals surface area (Å²) in [5, 5.41) is 5.33. The van der Waals surface area contributed by atoms with E-state index in [1.54, 1.807) is 24.4 Å². The molecule has 2 aromatic rings. The largest absolute Gasteiger partial charge is 0.390 e. The van der Waals surface area contributed by atoms with Crippen LogP contribution in [0.5, 0.6) is 0 Å². The van der Waals surface area contributed by atoms with Crippen LogP contribution in [0.25, 0.3) is 0 Å². The Morgan fingerprint density at radius 1 is 1.08 bits per heavy atom. The first-order valence-corrected chi connectivity index (χ1v) is 9.79. The highest BCUT2D eigenvalue weighted by Crippen LogP contribution is 2.16. The molecule has 1 aromatic carbocycles. The summed E-state index contributed by atoms with van der Waals surface area (Å²) in [5.74, 6) is 0. The van der Waals surface area contributed by atoms with Gasteiger partial charge in [-0.3, -0.25) is 4.98 Å². The number of nitrogens with one attached hydrogen (secondary N) is 1. The number of benzene rings is 1. The lowest BCUT2D eigenvalue weighted by molar-refractivity contribution is 0.604. The molecule has 0 unspecified atom stereocenters. The van der Waals surface area contributed by atoms with Crippen molar-refractivity contribution in [1.82, 2.24) is 10.3 Å². The van der Waals surface area contributed by atoms with Crippen LogP contribution in [0.4, 0.5) is 0 Å². The molecule has 0 spiro atoms. The molecular weight excluding hydrogens is 367 g/mol. The Labute approximate surface area is 152 Å². The van der Waals surface area contributed by atoms with Crippen LogP contribution < -0.4 is 5.32 Å². The third kappa shape index (κ3) is 5.82. The van der Waals surface area contributed by atoms with E-state index in [9.17, 15) is 8.42 Å². The van der Waals surface area contributed by atoms with Gasteiger partial charge in [-0.15, -0.1) is 0 Å². The molecule has 24 heavy (non-hydrogen) atoms. The molecule has 4 nitrogen and oxygen atoms in total. The molecule has 1 N–H and O–H groups in total. The molecule has 7 heteroatoms. The molecule has 1 aromatic heterocycles. The highest BCUT2D eigenvalue weighted by molar-refractivity contribution is 7.94. The van der Waals surface area contributed by atoms with E-state index in [4.69, 9.17) is 23.2 Å². The zero-order valence-electron chi connectivity index (χ0n) is 13.0. The molecule has 2 rings (SSSR count). The SMILES string of the molecule is O=S(=O)(C=CNCCCCc1ncccc1Cl)c1ccc(Cl)cc1. The highest BCUT2D eigenvalue weighted by atomic mass is 35.5. The first kappa shape index (κ1) is 18.8. The Morgan fingerprint density at radius 2 is 1.83 bits per heavy atom. The number of unbranched alkanes of at least 4 members (excludes halogenated alkanes) is 1. The van der Waals surface area contributed by atoms with Crippen LogP contribution in [0.3, 0.4) is 0 Å². The summed E-state index contributed by atoms with van der Waals surface area (Å²) in [6.45, 7) is 0.678. The van der Waals surface area contributed by atoms with E-state index in [1.807, 2.05) is 6.07 Å². The van der Waals surface area contributed by atoms with E-state index >= 15 is 0 Å². The number of nitrogens with zero attached hydrogens (tertiary/aromatic N) is 1. The second-order valence-electron chi connectivity index (χ2n) is 5.14. The van der Waals surface area contributed by atoms with Crippen molar-refractivity contribution in [3.05, 3.63) is 69.9 Å². The number of aromatic nitrogens is 1. The summed E-state index contributed by atoms with van der Waals surface area (Å²) in [7, 11) is -3.45. The lowest BCUT2D eigenvalue weighted by Gasteiger charge is -2.03. The maximum atomic E-state index is 12.1. The van der Waals surface area contributed by atoms with Crippen molar-refractivity contribution in [2.45, 2.75) is 24.2 Å². The van der Waals surface area contributed by atoms with E-state index in [0.717, 1.165) is 30.4 Å². The van der Waals surface area contributed by atoms with E-state index in [-0.39, 0.29) is 4.90 Å². The standard InChI is InChI=1S/C17H18Cl2N2O2S/c18-14-6-8-15(9-7-14)24(22,23)13-12-20-10-2-1-5-17-16(19)4-3-11-21-17/h3-4,6-9,11-13,20H,1-2,5,10H2. The van der Waals surface area contributed by atoms with Gasteiger partial charge < -0.3 is 5.32 Å². The molecule has 0 saturated carbocycles. The molecule has 0 aliphatic rings. The first-order chi connectivity index (χ1) is 11.5. The van der Waals surface area contributed by atoms with E-state index in [0.29, 0.717) is 16.6 Å². The molecule has 0 amide bonds. The van der Waals surface area contributed by atoms with Crippen LogP contribution in [0.2, 0.25) is 10.0 Å².